The molecule has 30 heavy (non-hydrogen) atoms. The van der Waals surface area contributed by atoms with Crippen LogP contribution in [0.5, 0.6) is 0 Å². The number of nitrogens with one attached hydrogen (secondary N) is 1. The van der Waals surface area contributed by atoms with Crippen molar-refractivity contribution in [3.05, 3.63) is 41.0 Å². The largest absolute Gasteiger partial charge is 0.466 e. The fourth-order valence-corrected chi connectivity index (χ4v) is 3.60. The van der Waals surface area contributed by atoms with E-state index in [9.17, 15) is 14.4 Å². The Morgan fingerprint density at radius 2 is 2.00 bits per heavy atom. The van der Waals surface area contributed by atoms with Crippen LogP contribution in [0.25, 0.3) is 11.3 Å². The van der Waals surface area contributed by atoms with Crippen molar-refractivity contribution in [2.24, 2.45) is 5.92 Å². The van der Waals surface area contributed by atoms with Crippen LogP contribution in [0.15, 0.2) is 34.9 Å². The predicted molar refractivity (Wildman–Crippen MR) is 110 cm³/mol. The summed E-state index contributed by atoms with van der Waals surface area (Å²) in [6.45, 7) is 4.63. The summed E-state index contributed by atoms with van der Waals surface area (Å²) >= 11 is 6.14. The van der Waals surface area contributed by atoms with Gasteiger partial charge in [-0.2, -0.15) is 0 Å². The van der Waals surface area contributed by atoms with Crippen LogP contribution in [0.1, 0.15) is 37.2 Å². The average molecular weight is 434 g/mol. The maximum atomic E-state index is 12.7. The molecule has 1 atom stereocenters. The van der Waals surface area contributed by atoms with Crippen molar-refractivity contribution in [3.8, 4) is 11.3 Å². The molecule has 160 valence electrons. The quantitative estimate of drug-likeness (QED) is 0.703. The van der Waals surface area contributed by atoms with E-state index in [-0.39, 0.29) is 23.5 Å². The fourth-order valence-electron chi connectivity index (χ4n) is 3.37. The zero-order valence-electron chi connectivity index (χ0n) is 16.9. The van der Waals surface area contributed by atoms with Crippen molar-refractivity contribution in [1.82, 2.24) is 15.4 Å². The van der Waals surface area contributed by atoms with E-state index in [1.54, 1.807) is 43.0 Å². The number of esters is 1. The second-order valence-electron chi connectivity index (χ2n) is 7.10. The Hall–Kier alpha value is -2.87. The van der Waals surface area contributed by atoms with E-state index in [0.29, 0.717) is 48.9 Å². The second kappa shape index (κ2) is 9.75. The molecular formula is C21H24ClN3O5. The van der Waals surface area contributed by atoms with E-state index in [1.807, 2.05) is 0 Å². The topological polar surface area (TPSA) is 102 Å². The highest BCUT2D eigenvalue weighted by Gasteiger charge is 2.31. The molecule has 0 aliphatic carbocycles. The lowest BCUT2D eigenvalue weighted by Gasteiger charge is -2.32. The molecule has 0 bridgehead atoms. The fraction of sp³-hybridized carbons (Fsp3) is 0.429. The smallest absolute Gasteiger partial charge is 0.309 e. The Bertz CT molecular complexity index is 921. The summed E-state index contributed by atoms with van der Waals surface area (Å²) < 4.78 is 10.3. The van der Waals surface area contributed by atoms with Gasteiger partial charge in [-0.25, -0.2) is 0 Å². The Balaban J connectivity index is 1.55. The van der Waals surface area contributed by atoms with Crippen LogP contribution in [0, 0.1) is 5.92 Å². The first-order valence-electron chi connectivity index (χ1n) is 9.88. The van der Waals surface area contributed by atoms with Crippen LogP contribution in [-0.4, -0.2) is 53.6 Å². The molecule has 1 aliphatic heterocycles. The van der Waals surface area contributed by atoms with Gasteiger partial charge in [-0.1, -0.05) is 28.9 Å². The molecule has 1 aliphatic rings. The van der Waals surface area contributed by atoms with Gasteiger partial charge in [0.25, 0.3) is 5.91 Å². The van der Waals surface area contributed by atoms with Crippen molar-refractivity contribution in [2.75, 3.05) is 19.7 Å². The van der Waals surface area contributed by atoms with Crippen LogP contribution in [0.2, 0.25) is 5.02 Å². The van der Waals surface area contributed by atoms with Crippen molar-refractivity contribution in [2.45, 2.75) is 32.7 Å². The minimum atomic E-state index is -0.739. The molecular weight excluding hydrogens is 410 g/mol. The first kappa shape index (κ1) is 21.8. The minimum absolute atomic E-state index is 0.0607. The highest BCUT2D eigenvalue weighted by atomic mass is 35.5. The molecule has 1 aromatic heterocycles. The number of hydrogen-bond donors (Lipinski definition) is 1. The summed E-state index contributed by atoms with van der Waals surface area (Å²) in [5, 5.41) is 6.91. The number of ether oxygens (including phenoxy) is 1. The number of amides is 2. The molecule has 2 amide bonds. The molecule has 0 spiro atoms. The number of benzene rings is 1. The van der Waals surface area contributed by atoms with Crippen LogP contribution in [0.3, 0.4) is 0 Å². The first-order valence-corrected chi connectivity index (χ1v) is 10.3. The van der Waals surface area contributed by atoms with Crippen molar-refractivity contribution < 1.29 is 23.6 Å². The van der Waals surface area contributed by atoms with Gasteiger partial charge in [0, 0.05) is 24.7 Å². The molecule has 8 nitrogen and oxygen atoms in total. The lowest BCUT2D eigenvalue weighted by Crippen LogP contribution is -2.50. The Labute approximate surface area is 179 Å². The molecule has 3 rings (SSSR count). The summed E-state index contributed by atoms with van der Waals surface area (Å²) in [5.74, 6) is -0.755. The maximum Gasteiger partial charge on any atom is 0.309 e. The maximum absolute atomic E-state index is 12.7. The molecule has 1 fully saturated rings. The molecule has 1 aromatic carbocycles. The van der Waals surface area contributed by atoms with Crippen LogP contribution in [0.4, 0.5) is 0 Å². The van der Waals surface area contributed by atoms with Crippen molar-refractivity contribution in [1.29, 1.82) is 0 Å². The number of likely N-dealkylation sites (tertiary alicyclic amines) is 1. The normalized spacial score (nSPS) is 15.5. The molecule has 9 heteroatoms. The SMILES string of the molecule is CCOC(=O)C1CCN(C(=O)[C@@H](C)NC(=O)c2cc(-c3ccccc3Cl)on2)CC1. The number of halogens is 1. The number of aromatic nitrogens is 1. The van der Waals surface area contributed by atoms with E-state index in [0.717, 1.165) is 0 Å². The highest BCUT2D eigenvalue weighted by molar-refractivity contribution is 6.33. The van der Waals surface area contributed by atoms with Gasteiger partial charge in [-0.05, 0) is 38.8 Å². The number of piperidine rings is 1. The Morgan fingerprint density at radius 1 is 1.30 bits per heavy atom. The Kier molecular flexibility index (Phi) is 7.10. The predicted octanol–water partition coefficient (Wildman–Crippen LogP) is 2.92. The van der Waals surface area contributed by atoms with Crippen LogP contribution < -0.4 is 5.32 Å². The zero-order valence-corrected chi connectivity index (χ0v) is 17.6. The number of carbonyl (C=O) groups excluding carboxylic acids is 3. The molecule has 0 radical (unpaired) electrons. The number of nitrogens with zero attached hydrogens (tertiary/aromatic N) is 2. The van der Waals surface area contributed by atoms with Crippen molar-refractivity contribution >= 4 is 29.4 Å². The summed E-state index contributed by atoms with van der Waals surface area (Å²) in [6, 6.07) is 7.81. The summed E-state index contributed by atoms with van der Waals surface area (Å²) in [5.41, 5.74) is 0.685. The van der Waals surface area contributed by atoms with Gasteiger partial charge in [0.1, 0.15) is 6.04 Å². The number of hydrogen-bond acceptors (Lipinski definition) is 6. The minimum Gasteiger partial charge on any atom is -0.466 e. The first-order chi connectivity index (χ1) is 14.4. The number of carbonyl (C=O) groups is 3. The number of rotatable bonds is 6. The van der Waals surface area contributed by atoms with Gasteiger partial charge in [0.2, 0.25) is 5.91 Å². The summed E-state index contributed by atoms with van der Waals surface area (Å²) in [6.07, 6.45) is 1.10. The molecule has 1 saturated heterocycles. The van der Waals surface area contributed by atoms with E-state index < -0.39 is 11.9 Å². The van der Waals surface area contributed by atoms with Crippen LogP contribution in [-0.2, 0) is 14.3 Å². The third kappa shape index (κ3) is 4.99. The van der Waals surface area contributed by atoms with Gasteiger partial charge in [0.05, 0.1) is 17.5 Å². The van der Waals surface area contributed by atoms with E-state index in [4.69, 9.17) is 20.9 Å². The summed E-state index contributed by atoms with van der Waals surface area (Å²) in [4.78, 5) is 38.6. The lowest BCUT2D eigenvalue weighted by atomic mass is 9.96. The van der Waals surface area contributed by atoms with Gasteiger partial charge in [-0.15, -0.1) is 0 Å². The van der Waals surface area contributed by atoms with Crippen LogP contribution >= 0.6 is 11.6 Å². The lowest BCUT2D eigenvalue weighted by molar-refractivity contribution is -0.151. The van der Waals surface area contributed by atoms with E-state index >= 15 is 0 Å². The molecule has 2 aromatic rings. The third-order valence-electron chi connectivity index (χ3n) is 5.03. The van der Waals surface area contributed by atoms with E-state index in [2.05, 4.69) is 10.5 Å². The van der Waals surface area contributed by atoms with Gasteiger partial charge in [0.15, 0.2) is 11.5 Å². The molecule has 2 heterocycles. The monoisotopic (exact) mass is 433 g/mol. The Morgan fingerprint density at radius 3 is 2.67 bits per heavy atom. The van der Waals surface area contributed by atoms with E-state index in [1.165, 1.54) is 6.07 Å². The standard InChI is InChI=1S/C21H24ClN3O5/c1-3-29-21(28)14-8-10-25(11-9-14)20(27)13(2)23-19(26)17-12-18(30-24-17)15-6-4-5-7-16(15)22/h4-7,12-14H,3,8-11H2,1-2H3,(H,23,26)/t13-/m1/s1. The third-order valence-corrected chi connectivity index (χ3v) is 5.36. The summed E-state index contributed by atoms with van der Waals surface area (Å²) in [7, 11) is 0. The van der Waals surface area contributed by atoms with Gasteiger partial charge >= 0.3 is 5.97 Å². The van der Waals surface area contributed by atoms with Gasteiger partial charge in [-0.3, -0.25) is 14.4 Å². The molecule has 0 unspecified atom stereocenters. The second-order valence-corrected chi connectivity index (χ2v) is 7.51. The molecule has 1 N–H and O–H groups in total. The molecule has 0 saturated carbocycles. The average Bonchev–Trinajstić information content (AvgIpc) is 3.24. The van der Waals surface area contributed by atoms with Gasteiger partial charge < -0.3 is 19.5 Å². The zero-order chi connectivity index (χ0) is 21.7. The highest BCUT2D eigenvalue weighted by Crippen LogP contribution is 2.28. The van der Waals surface area contributed by atoms with Crippen molar-refractivity contribution in [3.63, 3.8) is 0 Å².